The third-order valence-electron chi connectivity index (χ3n) is 3.54. The van der Waals surface area contributed by atoms with Crippen LogP contribution in [-0.2, 0) is 12.6 Å². The minimum atomic E-state index is -1.03. The van der Waals surface area contributed by atoms with Crippen molar-refractivity contribution in [3.05, 3.63) is 18.0 Å². The number of likely N-dealkylation sites (N-methyl/N-ethyl adjacent to an activating group) is 1. The number of aliphatic imine (C=N–C) groups is 1. The standard InChI is InChI=1S/C15H30N6O.HI/c1-6-16-14(17-8-9-20(4)7-2)18-12-15(3,22)13-10-19-21(5)11-13;/h10-11,22H,6-9,12H2,1-5H3,(H2,16,17,18);1H. The molecule has 1 unspecified atom stereocenters. The van der Waals surface area contributed by atoms with Crippen LogP contribution in [0.15, 0.2) is 17.4 Å². The fourth-order valence-electron chi connectivity index (χ4n) is 1.89. The summed E-state index contributed by atoms with van der Waals surface area (Å²) in [5, 5.41) is 21.1. The van der Waals surface area contributed by atoms with Gasteiger partial charge in [0.1, 0.15) is 5.60 Å². The number of nitrogens with zero attached hydrogens (tertiary/aromatic N) is 4. The Morgan fingerprint density at radius 2 is 2.13 bits per heavy atom. The largest absolute Gasteiger partial charge is 0.383 e. The lowest BCUT2D eigenvalue weighted by molar-refractivity contribution is 0.0672. The van der Waals surface area contributed by atoms with Crippen LogP contribution in [0.3, 0.4) is 0 Å². The summed E-state index contributed by atoms with van der Waals surface area (Å²) in [5.74, 6) is 0.719. The molecule has 1 aromatic rings. The maximum Gasteiger partial charge on any atom is 0.191 e. The molecule has 0 aromatic carbocycles. The van der Waals surface area contributed by atoms with E-state index < -0.39 is 5.60 Å². The molecule has 1 rings (SSSR count). The Morgan fingerprint density at radius 3 is 2.65 bits per heavy atom. The number of hydrogen-bond acceptors (Lipinski definition) is 4. The minimum Gasteiger partial charge on any atom is -0.383 e. The second-order valence-electron chi connectivity index (χ2n) is 5.69. The maximum atomic E-state index is 10.5. The summed E-state index contributed by atoms with van der Waals surface area (Å²) in [4.78, 5) is 6.71. The Balaban J connectivity index is 0.00000484. The first-order valence-corrected chi connectivity index (χ1v) is 7.81. The summed E-state index contributed by atoms with van der Waals surface area (Å²) in [6.07, 6.45) is 3.48. The summed E-state index contributed by atoms with van der Waals surface area (Å²) in [7, 11) is 3.91. The van der Waals surface area contributed by atoms with Crippen molar-refractivity contribution >= 4 is 29.9 Å². The number of nitrogens with one attached hydrogen (secondary N) is 2. The molecule has 1 aromatic heterocycles. The van der Waals surface area contributed by atoms with Gasteiger partial charge in [0, 0.05) is 38.4 Å². The van der Waals surface area contributed by atoms with Gasteiger partial charge in [0.2, 0.25) is 0 Å². The number of aliphatic hydroxyl groups is 1. The van der Waals surface area contributed by atoms with Gasteiger partial charge in [-0.15, -0.1) is 24.0 Å². The highest BCUT2D eigenvalue weighted by molar-refractivity contribution is 14.0. The van der Waals surface area contributed by atoms with Crippen molar-refractivity contribution in [3.63, 3.8) is 0 Å². The zero-order valence-corrected chi connectivity index (χ0v) is 17.2. The molecule has 1 heterocycles. The highest BCUT2D eigenvalue weighted by atomic mass is 127. The van der Waals surface area contributed by atoms with Gasteiger partial charge in [-0.25, -0.2) is 4.99 Å². The quantitative estimate of drug-likeness (QED) is 0.317. The number of aryl methyl sites for hydroxylation is 1. The summed E-state index contributed by atoms with van der Waals surface area (Å²) in [6, 6.07) is 0. The molecule has 0 bridgehead atoms. The summed E-state index contributed by atoms with van der Waals surface area (Å²) in [5.41, 5.74) is -0.267. The Labute approximate surface area is 156 Å². The molecular weight excluding hydrogens is 407 g/mol. The summed E-state index contributed by atoms with van der Waals surface area (Å²) >= 11 is 0. The Morgan fingerprint density at radius 1 is 1.43 bits per heavy atom. The first kappa shape index (κ1) is 22.1. The van der Waals surface area contributed by atoms with Crippen LogP contribution in [0.25, 0.3) is 0 Å². The zero-order valence-electron chi connectivity index (χ0n) is 14.8. The predicted octanol–water partition coefficient (Wildman–Crippen LogP) is 0.752. The van der Waals surface area contributed by atoms with Crippen LogP contribution in [0.4, 0.5) is 0 Å². The molecule has 0 aliphatic heterocycles. The third kappa shape index (κ3) is 7.98. The molecule has 0 saturated heterocycles. The van der Waals surface area contributed by atoms with Gasteiger partial charge in [0.05, 0.1) is 12.7 Å². The number of rotatable bonds is 8. The highest BCUT2D eigenvalue weighted by Gasteiger charge is 2.24. The topological polar surface area (TPSA) is 77.7 Å². The Hall–Kier alpha value is -0.870. The first-order valence-electron chi connectivity index (χ1n) is 7.81. The van der Waals surface area contributed by atoms with Crippen molar-refractivity contribution in [2.45, 2.75) is 26.4 Å². The van der Waals surface area contributed by atoms with Crippen LogP contribution >= 0.6 is 24.0 Å². The van der Waals surface area contributed by atoms with E-state index in [-0.39, 0.29) is 30.5 Å². The summed E-state index contributed by atoms with van der Waals surface area (Å²) < 4.78 is 1.68. The van der Waals surface area contributed by atoms with Gasteiger partial charge in [0.25, 0.3) is 0 Å². The SMILES string of the molecule is CCNC(=NCC(C)(O)c1cnn(C)c1)NCCN(C)CC.I. The lowest BCUT2D eigenvalue weighted by atomic mass is 10.0. The first-order chi connectivity index (χ1) is 10.4. The molecule has 0 amide bonds. The molecule has 8 heteroatoms. The van der Waals surface area contributed by atoms with Gasteiger partial charge in [-0.1, -0.05) is 6.92 Å². The normalized spacial score (nSPS) is 14.3. The monoisotopic (exact) mass is 438 g/mol. The van der Waals surface area contributed by atoms with Gasteiger partial charge < -0.3 is 20.6 Å². The van der Waals surface area contributed by atoms with Crippen LogP contribution in [0.2, 0.25) is 0 Å². The molecule has 0 spiro atoms. The third-order valence-corrected chi connectivity index (χ3v) is 3.54. The van der Waals surface area contributed by atoms with E-state index in [2.05, 4.69) is 39.6 Å². The Bertz CT molecular complexity index is 474. The van der Waals surface area contributed by atoms with Gasteiger partial charge in [0.15, 0.2) is 5.96 Å². The van der Waals surface area contributed by atoms with Crippen LogP contribution < -0.4 is 10.6 Å². The molecule has 7 nitrogen and oxygen atoms in total. The number of guanidine groups is 1. The van der Waals surface area contributed by atoms with Crippen molar-refractivity contribution in [2.24, 2.45) is 12.0 Å². The van der Waals surface area contributed by atoms with Gasteiger partial charge >= 0.3 is 0 Å². The van der Waals surface area contributed by atoms with Gasteiger partial charge in [-0.2, -0.15) is 5.10 Å². The van der Waals surface area contributed by atoms with E-state index >= 15 is 0 Å². The molecule has 134 valence electrons. The molecule has 0 aliphatic carbocycles. The van der Waals surface area contributed by atoms with Crippen molar-refractivity contribution in [3.8, 4) is 0 Å². The van der Waals surface area contributed by atoms with E-state index in [0.717, 1.165) is 37.7 Å². The van der Waals surface area contributed by atoms with Crippen LogP contribution in [0.1, 0.15) is 26.3 Å². The second kappa shape index (κ2) is 10.8. The van der Waals surface area contributed by atoms with E-state index in [1.54, 1.807) is 17.8 Å². The van der Waals surface area contributed by atoms with Crippen molar-refractivity contribution in [1.29, 1.82) is 0 Å². The maximum absolute atomic E-state index is 10.5. The van der Waals surface area contributed by atoms with Crippen molar-refractivity contribution in [2.75, 3.05) is 39.8 Å². The molecule has 0 saturated carbocycles. The van der Waals surface area contributed by atoms with Gasteiger partial charge in [-0.3, -0.25) is 4.68 Å². The lowest BCUT2D eigenvalue weighted by Gasteiger charge is -2.21. The number of hydrogen-bond donors (Lipinski definition) is 3. The average molecular weight is 438 g/mol. The van der Waals surface area contributed by atoms with Crippen molar-refractivity contribution in [1.82, 2.24) is 25.3 Å². The molecule has 0 radical (unpaired) electrons. The predicted molar refractivity (Wildman–Crippen MR) is 105 cm³/mol. The average Bonchev–Trinajstić information content (AvgIpc) is 2.92. The van der Waals surface area contributed by atoms with E-state index in [4.69, 9.17) is 0 Å². The number of halogens is 1. The molecule has 1 atom stereocenters. The summed E-state index contributed by atoms with van der Waals surface area (Å²) in [6.45, 7) is 9.74. The molecular formula is C15H31IN6O. The van der Waals surface area contributed by atoms with E-state index in [1.165, 1.54) is 0 Å². The van der Waals surface area contributed by atoms with Crippen LogP contribution in [-0.4, -0.2) is 65.5 Å². The lowest BCUT2D eigenvalue weighted by Crippen LogP contribution is -2.41. The van der Waals surface area contributed by atoms with E-state index in [9.17, 15) is 5.11 Å². The molecule has 23 heavy (non-hydrogen) atoms. The van der Waals surface area contributed by atoms with Crippen LogP contribution in [0, 0.1) is 0 Å². The van der Waals surface area contributed by atoms with E-state index in [0.29, 0.717) is 0 Å². The highest BCUT2D eigenvalue weighted by Crippen LogP contribution is 2.19. The van der Waals surface area contributed by atoms with Gasteiger partial charge in [-0.05, 0) is 27.4 Å². The fraction of sp³-hybridized carbons (Fsp3) is 0.733. The molecule has 0 aliphatic rings. The molecule has 0 fully saturated rings. The Kier molecular flexibility index (Phi) is 10.4. The van der Waals surface area contributed by atoms with Crippen molar-refractivity contribution < 1.29 is 5.11 Å². The molecule has 3 N–H and O–H groups in total. The fourth-order valence-corrected chi connectivity index (χ4v) is 1.89. The second-order valence-corrected chi connectivity index (χ2v) is 5.69. The van der Waals surface area contributed by atoms with E-state index in [1.807, 2.05) is 20.2 Å². The minimum absolute atomic E-state index is 0. The number of aromatic nitrogens is 2. The zero-order chi connectivity index (χ0) is 16.6. The van der Waals surface area contributed by atoms with Crippen LogP contribution in [0.5, 0.6) is 0 Å². The smallest absolute Gasteiger partial charge is 0.191 e.